The molecule has 0 bridgehead atoms. The lowest BCUT2D eigenvalue weighted by Gasteiger charge is -2.36. The molecule has 0 atom stereocenters. The van der Waals surface area contributed by atoms with E-state index >= 15 is 0 Å². The molecule has 25 heavy (non-hydrogen) atoms. The smallest absolute Gasteiger partial charge is 0.282 e. The molecule has 1 aromatic rings. The van der Waals surface area contributed by atoms with Gasteiger partial charge in [0.2, 0.25) is 0 Å². The highest BCUT2D eigenvalue weighted by atomic mass is 32.2. The standard InChI is InChI=1S/C16H30N6O2S/c1-14(2)19(3)25(23,24)21-11-9-20(10-12-21)13-16-18-17-15-7-5-4-6-8-22(15)16/h14H,4-13H2,1-3H3. The molecule has 8 nitrogen and oxygen atoms in total. The number of rotatable bonds is 5. The summed E-state index contributed by atoms with van der Waals surface area (Å²) in [5.41, 5.74) is 0. The van der Waals surface area contributed by atoms with Gasteiger partial charge in [-0.15, -0.1) is 10.2 Å². The summed E-state index contributed by atoms with van der Waals surface area (Å²) in [5.74, 6) is 2.12. The van der Waals surface area contributed by atoms with Gasteiger partial charge in [0, 0.05) is 52.2 Å². The van der Waals surface area contributed by atoms with Gasteiger partial charge in [-0.05, 0) is 26.7 Å². The van der Waals surface area contributed by atoms with Crippen molar-refractivity contribution in [3.8, 4) is 0 Å². The Hall–Kier alpha value is -1.03. The predicted molar refractivity (Wildman–Crippen MR) is 96.2 cm³/mol. The summed E-state index contributed by atoms with van der Waals surface area (Å²) in [6.07, 6.45) is 4.65. The van der Waals surface area contributed by atoms with Crippen LogP contribution in [-0.4, -0.2) is 76.0 Å². The molecule has 0 aromatic carbocycles. The maximum absolute atomic E-state index is 12.6. The molecule has 0 spiro atoms. The van der Waals surface area contributed by atoms with E-state index in [1.165, 1.54) is 23.6 Å². The normalized spacial score (nSPS) is 20.8. The van der Waals surface area contributed by atoms with Gasteiger partial charge in [-0.25, -0.2) is 0 Å². The third-order valence-corrected chi connectivity index (χ3v) is 7.47. The van der Waals surface area contributed by atoms with Crippen LogP contribution in [0.1, 0.15) is 44.8 Å². The van der Waals surface area contributed by atoms with E-state index in [2.05, 4.69) is 19.7 Å². The van der Waals surface area contributed by atoms with Crippen LogP contribution < -0.4 is 0 Å². The van der Waals surface area contributed by atoms with E-state index in [1.807, 2.05) is 13.8 Å². The molecule has 1 aromatic heterocycles. The Morgan fingerprint density at radius 2 is 1.76 bits per heavy atom. The maximum atomic E-state index is 12.6. The second-order valence-corrected chi connectivity index (χ2v) is 9.28. The molecule has 0 amide bonds. The fourth-order valence-electron chi connectivity index (χ4n) is 3.43. The van der Waals surface area contributed by atoms with Gasteiger partial charge in [0.15, 0.2) is 0 Å². The van der Waals surface area contributed by atoms with Gasteiger partial charge >= 0.3 is 0 Å². The van der Waals surface area contributed by atoms with Crippen LogP contribution in [-0.2, 0) is 29.7 Å². The lowest BCUT2D eigenvalue weighted by Crippen LogP contribution is -2.53. The molecule has 0 aliphatic carbocycles. The zero-order valence-corrected chi connectivity index (χ0v) is 16.4. The van der Waals surface area contributed by atoms with E-state index in [4.69, 9.17) is 0 Å². The van der Waals surface area contributed by atoms with Crippen LogP contribution in [0.5, 0.6) is 0 Å². The van der Waals surface area contributed by atoms with E-state index in [0.717, 1.165) is 44.2 Å². The van der Waals surface area contributed by atoms with Crippen molar-refractivity contribution in [2.75, 3.05) is 33.2 Å². The quantitative estimate of drug-likeness (QED) is 0.763. The molecule has 3 heterocycles. The summed E-state index contributed by atoms with van der Waals surface area (Å²) in [6.45, 7) is 8.06. The van der Waals surface area contributed by atoms with Crippen LogP contribution in [0.25, 0.3) is 0 Å². The first-order chi connectivity index (χ1) is 11.9. The molecule has 0 saturated carbocycles. The summed E-state index contributed by atoms with van der Waals surface area (Å²) >= 11 is 0. The van der Waals surface area contributed by atoms with Crippen LogP contribution in [0.15, 0.2) is 0 Å². The summed E-state index contributed by atoms with van der Waals surface area (Å²) in [4.78, 5) is 2.28. The monoisotopic (exact) mass is 370 g/mol. The molecule has 2 aliphatic heterocycles. The zero-order chi connectivity index (χ0) is 18.0. The minimum absolute atomic E-state index is 0.0329. The molecule has 1 saturated heterocycles. The topological polar surface area (TPSA) is 74.6 Å². The fourth-order valence-corrected chi connectivity index (χ4v) is 4.95. The van der Waals surface area contributed by atoms with E-state index in [-0.39, 0.29) is 6.04 Å². The van der Waals surface area contributed by atoms with Gasteiger partial charge in [0.05, 0.1) is 6.54 Å². The van der Waals surface area contributed by atoms with Gasteiger partial charge in [-0.2, -0.15) is 17.0 Å². The second kappa shape index (κ2) is 7.69. The largest absolute Gasteiger partial charge is 0.314 e. The number of aromatic nitrogens is 3. The number of hydrogen-bond donors (Lipinski definition) is 0. The van der Waals surface area contributed by atoms with Gasteiger partial charge in [0.25, 0.3) is 10.2 Å². The molecular formula is C16H30N6O2S. The van der Waals surface area contributed by atoms with E-state index in [1.54, 1.807) is 11.4 Å². The lowest BCUT2D eigenvalue weighted by molar-refractivity contribution is 0.169. The Balaban J connectivity index is 1.59. The number of fused-ring (bicyclic) bond motifs is 1. The first-order valence-electron chi connectivity index (χ1n) is 9.26. The van der Waals surface area contributed by atoms with Gasteiger partial charge < -0.3 is 4.57 Å². The molecule has 1 fully saturated rings. The van der Waals surface area contributed by atoms with Crippen molar-refractivity contribution in [2.45, 2.75) is 58.7 Å². The average Bonchev–Trinajstić information content (AvgIpc) is 2.81. The van der Waals surface area contributed by atoms with E-state index < -0.39 is 10.2 Å². The van der Waals surface area contributed by atoms with Crippen molar-refractivity contribution in [2.24, 2.45) is 0 Å². The van der Waals surface area contributed by atoms with Crippen molar-refractivity contribution in [1.29, 1.82) is 0 Å². The van der Waals surface area contributed by atoms with Gasteiger partial charge in [0.1, 0.15) is 11.6 Å². The highest BCUT2D eigenvalue weighted by Crippen LogP contribution is 2.17. The highest BCUT2D eigenvalue weighted by Gasteiger charge is 2.32. The van der Waals surface area contributed by atoms with Crippen molar-refractivity contribution in [3.05, 3.63) is 11.6 Å². The number of hydrogen-bond acceptors (Lipinski definition) is 5. The SMILES string of the molecule is CC(C)N(C)S(=O)(=O)N1CCN(Cc2nnc3n2CCCCC3)CC1. The molecule has 142 valence electrons. The maximum Gasteiger partial charge on any atom is 0.282 e. The number of piperazine rings is 1. The molecule has 0 radical (unpaired) electrons. The summed E-state index contributed by atoms with van der Waals surface area (Å²) in [7, 11) is -1.71. The molecule has 0 N–H and O–H groups in total. The van der Waals surface area contributed by atoms with Crippen LogP contribution >= 0.6 is 0 Å². The van der Waals surface area contributed by atoms with Crippen LogP contribution in [0, 0.1) is 0 Å². The minimum Gasteiger partial charge on any atom is -0.314 e. The summed E-state index contributed by atoms with van der Waals surface area (Å²) in [6, 6.07) is -0.0329. The molecule has 2 aliphatic rings. The fraction of sp³-hybridized carbons (Fsp3) is 0.875. The minimum atomic E-state index is -3.36. The lowest BCUT2D eigenvalue weighted by atomic mass is 10.2. The Kier molecular flexibility index (Phi) is 5.77. The van der Waals surface area contributed by atoms with Gasteiger partial charge in [-0.1, -0.05) is 6.42 Å². The molecule has 9 heteroatoms. The summed E-state index contributed by atoms with van der Waals surface area (Å²) in [5, 5.41) is 8.74. The Labute approximate surface area is 151 Å². The van der Waals surface area contributed by atoms with E-state index in [0.29, 0.717) is 13.1 Å². The highest BCUT2D eigenvalue weighted by molar-refractivity contribution is 7.86. The predicted octanol–water partition coefficient (Wildman–Crippen LogP) is 0.707. The number of aryl methyl sites for hydroxylation is 1. The zero-order valence-electron chi connectivity index (χ0n) is 15.6. The summed E-state index contributed by atoms with van der Waals surface area (Å²) < 4.78 is 30.5. The van der Waals surface area contributed by atoms with Crippen LogP contribution in [0.2, 0.25) is 0 Å². The van der Waals surface area contributed by atoms with Crippen molar-refractivity contribution in [1.82, 2.24) is 28.3 Å². The first-order valence-corrected chi connectivity index (χ1v) is 10.7. The molecule has 3 rings (SSSR count). The van der Waals surface area contributed by atoms with Crippen LogP contribution in [0.3, 0.4) is 0 Å². The van der Waals surface area contributed by atoms with Crippen molar-refractivity contribution < 1.29 is 8.42 Å². The molecule has 0 unspecified atom stereocenters. The Morgan fingerprint density at radius 1 is 1.04 bits per heavy atom. The van der Waals surface area contributed by atoms with Crippen molar-refractivity contribution >= 4 is 10.2 Å². The van der Waals surface area contributed by atoms with Crippen molar-refractivity contribution in [3.63, 3.8) is 0 Å². The average molecular weight is 371 g/mol. The third kappa shape index (κ3) is 4.05. The van der Waals surface area contributed by atoms with Crippen LogP contribution in [0.4, 0.5) is 0 Å². The number of nitrogens with zero attached hydrogens (tertiary/aromatic N) is 6. The molecular weight excluding hydrogens is 340 g/mol. The third-order valence-electron chi connectivity index (χ3n) is 5.30. The first kappa shape index (κ1) is 18.8. The Bertz CT molecular complexity index is 679. The van der Waals surface area contributed by atoms with E-state index in [9.17, 15) is 8.42 Å². The Morgan fingerprint density at radius 3 is 2.44 bits per heavy atom. The second-order valence-electron chi connectivity index (χ2n) is 7.29. The van der Waals surface area contributed by atoms with Gasteiger partial charge in [-0.3, -0.25) is 4.90 Å².